The summed E-state index contributed by atoms with van der Waals surface area (Å²) in [7, 11) is 0. The molecule has 1 amide bonds. The van der Waals surface area contributed by atoms with Crippen LogP contribution < -0.4 is 5.32 Å². The van der Waals surface area contributed by atoms with E-state index in [0.29, 0.717) is 35.9 Å². The molecule has 0 unspecified atom stereocenters. The van der Waals surface area contributed by atoms with Gasteiger partial charge in [-0.2, -0.15) is 0 Å². The molecule has 2 aliphatic rings. The monoisotopic (exact) mass is 304 g/mol. The van der Waals surface area contributed by atoms with Crippen LogP contribution in [0.1, 0.15) is 38.2 Å². The van der Waals surface area contributed by atoms with Crippen LogP contribution in [-0.2, 0) is 11.3 Å². The summed E-state index contributed by atoms with van der Waals surface area (Å²) in [6.45, 7) is 4.42. The summed E-state index contributed by atoms with van der Waals surface area (Å²) in [6, 6.07) is 7.29. The van der Waals surface area contributed by atoms with Gasteiger partial charge in [0.25, 0.3) is 0 Å². The van der Waals surface area contributed by atoms with Crippen molar-refractivity contribution in [3.8, 4) is 0 Å². The quantitative estimate of drug-likeness (QED) is 0.907. The maximum atomic E-state index is 13.7. The predicted octanol–water partition coefficient (Wildman–Crippen LogP) is 2.95. The highest BCUT2D eigenvalue weighted by atomic mass is 19.1. The van der Waals surface area contributed by atoms with E-state index in [1.54, 1.807) is 6.07 Å². The van der Waals surface area contributed by atoms with Gasteiger partial charge in [-0.3, -0.25) is 4.79 Å². The Hall–Kier alpha value is -1.42. The van der Waals surface area contributed by atoms with Crippen molar-refractivity contribution in [3.63, 3.8) is 0 Å². The minimum atomic E-state index is -0.149. The van der Waals surface area contributed by atoms with E-state index in [-0.39, 0.29) is 5.82 Å². The molecular formula is C18H25FN2O. The van der Waals surface area contributed by atoms with E-state index in [4.69, 9.17) is 0 Å². The maximum Gasteiger partial charge on any atom is 0.225 e. The van der Waals surface area contributed by atoms with Crippen molar-refractivity contribution >= 4 is 5.91 Å². The normalized spacial score (nSPS) is 25.3. The predicted molar refractivity (Wildman–Crippen MR) is 84.7 cm³/mol. The highest BCUT2D eigenvalue weighted by Crippen LogP contribution is 2.33. The van der Waals surface area contributed by atoms with Crippen LogP contribution in [0.3, 0.4) is 0 Å². The Balaban J connectivity index is 1.55. The molecule has 120 valence electrons. The Kier molecular flexibility index (Phi) is 4.77. The summed E-state index contributed by atoms with van der Waals surface area (Å²) in [5.74, 6) is 0.971. The third-order valence-electron chi connectivity index (χ3n) is 5.01. The van der Waals surface area contributed by atoms with Crippen LogP contribution in [0.2, 0.25) is 0 Å². The van der Waals surface area contributed by atoms with Crippen LogP contribution in [0, 0.1) is 17.7 Å². The summed E-state index contributed by atoms with van der Waals surface area (Å²) >= 11 is 0. The summed E-state index contributed by atoms with van der Waals surface area (Å²) in [6.07, 6.45) is 4.15. The van der Waals surface area contributed by atoms with Crippen LogP contribution in [0.15, 0.2) is 24.3 Å². The number of likely N-dealkylation sites (tertiary alicyclic amines) is 1. The van der Waals surface area contributed by atoms with E-state index >= 15 is 0 Å². The first kappa shape index (κ1) is 15.5. The first-order valence-electron chi connectivity index (χ1n) is 8.44. The van der Waals surface area contributed by atoms with Gasteiger partial charge in [-0.1, -0.05) is 31.5 Å². The SMILES string of the molecule is CC[C@H]1CN(C(=O)C2CC2)CC[C@@H]1NCc1ccccc1F. The molecule has 0 aromatic heterocycles. The number of amides is 1. The second-order valence-corrected chi connectivity index (χ2v) is 6.59. The van der Waals surface area contributed by atoms with Gasteiger partial charge in [-0.05, 0) is 31.2 Å². The largest absolute Gasteiger partial charge is 0.342 e. The van der Waals surface area contributed by atoms with E-state index in [1.165, 1.54) is 6.07 Å². The number of carbonyl (C=O) groups excluding carboxylic acids is 1. The molecule has 1 heterocycles. The Labute approximate surface area is 131 Å². The van der Waals surface area contributed by atoms with Crippen molar-refractivity contribution < 1.29 is 9.18 Å². The minimum Gasteiger partial charge on any atom is -0.342 e. The average molecular weight is 304 g/mol. The van der Waals surface area contributed by atoms with Crippen LogP contribution >= 0.6 is 0 Å². The maximum absolute atomic E-state index is 13.7. The molecule has 0 radical (unpaired) electrons. The second kappa shape index (κ2) is 6.78. The molecule has 1 aromatic rings. The molecule has 1 aromatic carbocycles. The highest BCUT2D eigenvalue weighted by molar-refractivity contribution is 5.81. The lowest BCUT2D eigenvalue weighted by molar-refractivity contribution is -0.134. The Morgan fingerprint density at radius 2 is 2.09 bits per heavy atom. The molecule has 1 saturated heterocycles. The fourth-order valence-electron chi connectivity index (χ4n) is 3.39. The molecule has 1 aliphatic heterocycles. The number of hydrogen-bond acceptors (Lipinski definition) is 2. The third kappa shape index (κ3) is 3.49. The molecule has 2 fully saturated rings. The summed E-state index contributed by atoms with van der Waals surface area (Å²) < 4.78 is 13.7. The van der Waals surface area contributed by atoms with Crippen molar-refractivity contribution in [1.82, 2.24) is 10.2 Å². The molecule has 0 spiro atoms. The van der Waals surface area contributed by atoms with Crippen molar-refractivity contribution in [2.24, 2.45) is 11.8 Å². The Bertz CT molecular complexity index is 530. The van der Waals surface area contributed by atoms with Gasteiger partial charge in [-0.15, -0.1) is 0 Å². The van der Waals surface area contributed by atoms with Gasteiger partial charge >= 0.3 is 0 Å². The van der Waals surface area contributed by atoms with Gasteiger partial charge in [0, 0.05) is 37.2 Å². The van der Waals surface area contributed by atoms with Gasteiger partial charge in [0.05, 0.1) is 0 Å². The molecule has 0 bridgehead atoms. The lowest BCUT2D eigenvalue weighted by Gasteiger charge is -2.39. The fraction of sp³-hybridized carbons (Fsp3) is 0.611. The molecule has 1 N–H and O–H groups in total. The third-order valence-corrected chi connectivity index (χ3v) is 5.01. The standard InChI is InChI=1S/C18H25FN2O/c1-2-13-12-21(18(22)14-7-8-14)10-9-17(13)20-11-15-5-3-4-6-16(15)19/h3-6,13-14,17,20H,2,7-12H2,1H3/t13-,17-/m0/s1. The first-order chi connectivity index (χ1) is 10.7. The van der Waals surface area contributed by atoms with Crippen LogP contribution in [0.25, 0.3) is 0 Å². The molecule has 4 heteroatoms. The zero-order valence-electron chi connectivity index (χ0n) is 13.2. The van der Waals surface area contributed by atoms with Gasteiger partial charge in [0.1, 0.15) is 5.82 Å². The zero-order chi connectivity index (χ0) is 15.5. The van der Waals surface area contributed by atoms with Crippen molar-refractivity contribution in [2.75, 3.05) is 13.1 Å². The minimum absolute atomic E-state index is 0.149. The summed E-state index contributed by atoms with van der Waals surface area (Å²) in [5, 5.41) is 3.51. The van der Waals surface area contributed by atoms with E-state index in [9.17, 15) is 9.18 Å². The van der Waals surface area contributed by atoms with Gasteiger partial charge in [-0.25, -0.2) is 4.39 Å². The van der Waals surface area contributed by atoms with Crippen molar-refractivity contribution in [1.29, 1.82) is 0 Å². The van der Waals surface area contributed by atoms with Crippen LogP contribution in [0.5, 0.6) is 0 Å². The second-order valence-electron chi connectivity index (χ2n) is 6.59. The number of rotatable bonds is 5. The van der Waals surface area contributed by atoms with Crippen LogP contribution in [0.4, 0.5) is 4.39 Å². The van der Waals surface area contributed by atoms with Crippen LogP contribution in [-0.4, -0.2) is 29.9 Å². The molecule has 3 nitrogen and oxygen atoms in total. The van der Waals surface area contributed by atoms with Gasteiger partial charge < -0.3 is 10.2 Å². The van der Waals surface area contributed by atoms with Crippen molar-refractivity contribution in [3.05, 3.63) is 35.6 Å². The number of piperidine rings is 1. The lowest BCUT2D eigenvalue weighted by atomic mass is 9.89. The molecular weight excluding hydrogens is 279 g/mol. The Morgan fingerprint density at radius 3 is 2.77 bits per heavy atom. The number of nitrogens with one attached hydrogen (secondary N) is 1. The van der Waals surface area contributed by atoms with E-state index in [0.717, 1.165) is 38.8 Å². The smallest absolute Gasteiger partial charge is 0.225 e. The zero-order valence-corrected chi connectivity index (χ0v) is 13.2. The van der Waals surface area contributed by atoms with E-state index in [2.05, 4.69) is 12.2 Å². The van der Waals surface area contributed by atoms with E-state index < -0.39 is 0 Å². The molecule has 1 aliphatic carbocycles. The fourth-order valence-corrected chi connectivity index (χ4v) is 3.39. The highest BCUT2D eigenvalue weighted by Gasteiger charge is 2.37. The molecule has 1 saturated carbocycles. The number of carbonyl (C=O) groups is 1. The van der Waals surface area contributed by atoms with Gasteiger partial charge in [0.2, 0.25) is 5.91 Å². The average Bonchev–Trinajstić information content (AvgIpc) is 3.38. The number of halogens is 1. The molecule has 2 atom stereocenters. The van der Waals surface area contributed by atoms with Gasteiger partial charge in [0.15, 0.2) is 0 Å². The first-order valence-corrected chi connectivity index (χ1v) is 8.44. The van der Waals surface area contributed by atoms with E-state index in [1.807, 2.05) is 17.0 Å². The van der Waals surface area contributed by atoms with Crippen molar-refractivity contribution in [2.45, 2.75) is 45.2 Å². The number of benzene rings is 1. The Morgan fingerprint density at radius 1 is 1.32 bits per heavy atom. The topological polar surface area (TPSA) is 32.3 Å². The molecule has 3 rings (SSSR count). The summed E-state index contributed by atoms with van der Waals surface area (Å²) in [5.41, 5.74) is 0.717. The number of hydrogen-bond donors (Lipinski definition) is 1. The number of nitrogens with zero attached hydrogens (tertiary/aromatic N) is 1. The lowest BCUT2D eigenvalue weighted by Crippen LogP contribution is -2.51. The summed E-state index contributed by atoms with van der Waals surface area (Å²) in [4.78, 5) is 14.3. The molecule has 22 heavy (non-hydrogen) atoms.